The van der Waals surface area contributed by atoms with Gasteiger partial charge in [-0.25, -0.2) is 0 Å². The molecule has 2 fully saturated rings. The van der Waals surface area contributed by atoms with Crippen molar-refractivity contribution in [3.63, 3.8) is 0 Å². The monoisotopic (exact) mass is 312 g/mol. The van der Waals surface area contributed by atoms with Crippen molar-refractivity contribution in [3.05, 3.63) is 11.1 Å². The first-order valence-corrected chi connectivity index (χ1v) is 9.32. The van der Waals surface area contributed by atoms with Crippen molar-refractivity contribution < 1.29 is 0 Å². The van der Waals surface area contributed by atoms with Crippen LogP contribution in [0.2, 0.25) is 0 Å². The zero-order valence-corrected chi connectivity index (χ0v) is 14.9. The predicted molar refractivity (Wildman–Crippen MR) is 92.9 cm³/mol. The first kappa shape index (κ1) is 17.3. The molecule has 0 radical (unpaired) electrons. The van der Waals surface area contributed by atoms with E-state index in [1.54, 1.807) is 5.54 Å². The average molecular weight is 313 g/mol. The molecule has 2 aliphatic rings. The smallest absolute Gasteiger partial charge is 0.0304 e. The topological polar surface area (TPSA) is 15.3 Å². The number of hydrogen-bond donors (Lipinski definition) is 1. The van der Waals surface area contributed by atoms with Gasteiger partial charge in [-0.2, -0.15) is 0 Å². The van der Waals surface area contributed by atoms with E-state index < -0.39 is 0 Å². The Hall–Kier alpha value is -0.0500. The average Bonchev–Trinajstić information content (AvgIpc) is 2.55. The first-order valence-electron chi connectivity index (χ1n) is 8.89. The molecule has 0 spiro atoms. The second-order valence-electron chi connectivity index (χ2n) is 7.19. The van der Waals surface area contributed by atoms with E-state index in [1.165, 1.54) is 57.1 Å². The van der Waals surface area contributed by atoms with Gasteiger partial charge in [0.2, 0.25) is 0 Å². The zero-order valence-electron chi connectivity index (χ0n) is 14.1. The standard InChI is InChI=1S/C18H33ClN2/c1-4-18(5-2)14-21(13-15(3)11-19)17(12-20-18)16-9-7-6-8-10-16/h11,16-17,20H,4-10,12-14H2,1-3H3. The van der Waals surface area contributed by atoms with Gasteiger partial charge in [-0.3, -0.25) is 4.90 Å². The van der Waals surface area contributed by atoms with Crippen molar-refractivity contribution in [2.24, 2.45) is 5.92 Å². The molecule has 0 aromatic heterocycles. The molecule has 0 bridgehead atoms. The Labute approximate surface area is 136 Å². The summed E-state index contributed by atoms with van der Waals surface area (Å²) in [7, 11) is 0. The van der Waals surface area contributed by atoms with Crippen molar-refractivity contribution in [2.75, 3.05) is 19.6 Å². The molecule has 1 aliphatic heterocycles. The predicted octanol–water partition coefficient (Wildman–Crippen LogP) is 4.54. The lowest BCUT2D eigenvalue weighted by molar-refractivity contribution is 0.0393. The molecule has 0 aromatic carbocycles. The maximum atomic E-state index is 5.94. The van der Waals surface area contributed by atoms with E-state index in [0.717, 1.165) is 19.0 Å². The molecular weight excluding hydrogens is 280 g/mol. The Morgan fingerprint density at radius 1 is 1.24 bits per heavy atom. The Morgan fingerprint density at radius 2 is 1.90 bits per heavy atom. The molecule has 1 N–H and O–H groups in total. The SMILES string of the molecule is CCC1(CC)CN(CC(C)=CCl)C(C2CCCCC2)CN1. The van der Waals surface area contributed by atoms with Gasteiger partial charge in [0, 0.05) is 36.8 Å². The fourth-order valence-corrected chi connectivity index (χ4v) is 4.32. The first-order chi connectivity index (χ1) is 10.1. The van der Waals surface area contributed by atoms with Crippen LogP contribution < -0.4 is 5.32 Å². The highest BCUT2D eigenvalue weighted by Gasteiger charge is 2.39. The van der Waals surface area contributed by atoms with Crippen LogP contribution in [0.3, 0.4) is 0 Å². The molecule has 1 atom stereocenters. The Kier molecular flexibility index (Phi) is 6.58. The molecule has 2 nitrogen and oxygen atoms in total. The van der Waals surface area contributed by atoms with E-state index in [-0.39, 0.29) is 0 Å². The molecule has 1 saturated carbocycles. The Balaban J connectivity index is 2.11. The van der Waals surface area contributed by atoms with E-state index >= 15 is 0 Å². The Bertz CT molecular complexity index is 343. The van der Waals surface area contributed by atoms with Gasteiger partial charge in [0.1, 0.15) is 0 Å². The van der Waals surface area contributed by atoms with Crippen LogP contribution in [-0.4, -0.2) is 36.1 Å². The summed E-state index contributed by atoms with van der Waals surface area (Å²) < 4.78 is 0. The van der Waals surface area contributed by atoms with Gasteiger partial charge in [-0.1, -0.05) is 44.7 Å². The summed E-state index contributed by atoms with van der Waals surface area (Å²) in [5.74, 6) is 0.876. The number of nitrogens with one attached hydrogen (secondary N) is 1. The normalized spacial score (nSPS) is 28.8. The third kappa shape index (κ3) is 4.24. The molecular formula is C18H33ClN2. The maximum Gasteiger partial charge on any atom is 0.0304 e. The van der Waals surface area contributed by atoms with Gasteiger partial charge in [-0.15, -0.1) is 0 Å². The zero-order chi connectivity index (χ0) is 15.3. The van der Waals surface area contributed by atoms with Crippen LogP contribution in [0.4, 0.5) is 0 Å². The van der Waals surface area contributed by atoms with Gasteiger partial charge in [-0.05, 0) is 44.1 Å². The van der Waals surface area contributed by atoms with Crippen molar-refractivity contribution >= 4 is 11.6 Å². The molecule has 1 unspecified atom stereocenters. The summed E-state index contributed by atoms with van der Waals surface area (Å²) in [4.78, 5) is 2.73. The number of nitrogens with zero attached hydrogens (tertiary/aromatic N) is 1. The lowest BCUT2D eigenvalue weighted by Crippen LogP contribution is -2.65. The van der Waals surface area contributed by atoms with Crippen LogP contribution in [0.15, 0.2) is 11.1 Å². The van der Waals surface area contributed by atoms with Crippen LogP contribution in [-0.2, 0) is 0 Å². The maximum absolute atomic E-state index is 5.94. The molecule has 3 heteroatoms. The van der Waals surface area contributed by atoms with Crippen LogP contribution >= 0.6 is 11.6 Å². The fraction of sp³-hybridized carbons (Fsp3) is 0.889. The van der Waals surface area contributed by atoms with E-state index in [2.05, 4.69) is 31.0 Å². The molecule has 0 aromatic rings. The highest BCUT2D eigenvalue weighted by atomic mass is 35.5. The minimum atomic E-state index is 0.303. The molecule has 21 heavy (non-hydrogen) atoms. The van der Waals surface area contributed by atoms with Crippen LogP contribution in [0, 0.1) is 5.92 Å². The minimum Gasteiger partial charge on any atom is -0.308 e. The summed E-state index contributed by atoms with van der Waals surface area (Å²) in [6.07, 6.45) is 9.53. The minimum absolute atomic E-state index is 0.303. The van der Waals surface area contributed by atoms with Gasteiger partial charge < -0.3 is 5.32 Å². The lowest BCUT2D eigenvalue weighted by atomic mass is 9.79. The van der Waals surface area contributed by atoms with Crippen molar-refractivity contribution in [1.82, 2.24) is 10.2 Å². The second kappa shape index (κ2) is 7.99. The Morgan fingerprint density at radius 3 is 2.48 bits per heavy atom. The largest absolute Gasteiger partial charge is 0.308 e. The highest BCUT2D eigenvalue weighted by molar-refractivity contribution is 6.25. The number of hydrogen-bond acceptors (Lipinski definition) is 2. The van der Waals surface area contributed by atoms with Crippen LogP contribution in [0.1, 0.15) is 65.7 Å². The van der Waals surface area contributed by atoms with Crippen LogP contribution in [0.25, 0.3) is 0 Å². The summed E-state index contributed by atoms with van der Waals surface area (Å²) >= 11 is 5.94. The summed E-state index contributed by atoms with van der Waals surface area (Å²) in [5, 5.41) is 3.91. The van der Waals surface area contributed by atoms with E-state index in [0.29, 0.717) is 11.6 Å². The summed E-state index contributed by atoms with van der Waals surface area (Å²) in [6, 6.07) is 0.697. The second-order valence-corrected chi connectivity index (χ2v) is 7.41. The molecule has 122 valence electrons. The van der Waals surface area contributed by atoms with E-state index in [9.17, 15) is 0 Å². The van der Waals surface area contributed by atoms with Gasteiger partial charge in [0.15, 0.2) is 0 Å². The summed E-state index contributed by atoms with van der Waals surface area (Å²) in [6.45, 7) is 10.2. The van der Waals surface area contributed by atoms with Gasteiger partial charge in [0.05, 0.1) is 0 Å². The molecule has 1 saturated heterocycles. The molecule has 1 aliphatic carbocycles. The third-order valence-corrected chi connectivity index (χ3v) is 6.22. The highest BCUT2D eigenvalue weighted by Crippen LogP contribution is 2.33. The molecule has 2 rings (SSSR count). The quantitative estimate of drug-likeness (QED) is 0.801. The van der Waals surface area contributed by atoms with Crippen molar-refractivity contribution in [2.45, 2.75) is 77.3 Å². The van der Waals surface area contributed by atoms with E-state index in [4.69, 9.17) is 11.6 Å². The van der Waals surface area contributed by atoms with Crippen molar-refractivity contribution in [1.29, 1.82) is 0 Å². The number of halogens is 1. The number of rotatable bonds is 5. The van der Waals surface area contributed by atoms with E-state index in [1.807, 2.05) is 0 Å². The molecule has 1 heterocycles. The molecule has 0 amide bonds. The number of piperazine rings is 1. The van der Waals surface area contributed by atoms with Gasteiger partial charge in [0.25, 0.3) is 0 Å². The lowest BCUT2D eigenvalue weighted by Gasteiger charge is -2.50. The van der Waals surface area contributed by atoms with Crippen molar-refractivity contribution in [3.8, 4) is 0 Å². The third-order valence-electron chi connectivity index (χ3n) is 5.85. The summed E-state index contributed by atoms with van der Waals surface area (Å²) in [5.41, 5.74) is 3.36. The fourth-order valence-electron chi connectivity index (χ4n) is 4.25. The van der Waals surface area contributed by atoms with Crippen LogP contribution in [0.5, 0.6) is 0 Å². The van der Waals surface area contributed by atoms with Gasteiger partial charge >= 0.3 is 0 Å².